The summed E-state index contributed by atoms with van der Waals surface area (Å²) in [4.78, 5) is 22.1. The van der Waals surface area contributed by atoms with Crippen molar-refractivity contribution in [3.63, 3.8) is 0 Å². The van der Waals surface area contributed by atoms with E-state index in [9.17, 15) is 9.59 Å². The number of hydrogen-bond acceptors (Lipinski definition) is 3. The summed E-state index contributed by atoms with van der Waals surface area (Å²) in [6, 6.07) is 0. The molecule has 0 atom stereocenters. The van der Waals surface area contributed by atoms with Crippen LogP contribution in [-0.4, -0.2) is 18.9 Å². The molecular weight excluding hydrogens is 168 g/mol. The van der Waals surface area contributed by atoms with E-state index in [2.05, 4.69) is 4.74 Å². The minimum absolute atomic E-state index is 0.0999. The fourth-order valence-corrected chi connectivity index (χ4v) is 1.40. The Hall–Kier alpha value is -1.12. The van der Waals surface area contributed by atoms with E-state index >= 15 is 0 Å². The zero-order chi connectivity index (χ0) is 9.68. The largest absolute Gasteiger partial charge is 0.469 e. The summed E-state index contributed by atoms with van der Waals surface area (Å²) in [6.07, 6.45) is 5.41. The Morgan fingerprint density at radius 1 is 1.46 bits per heavy atom. The summed E-state index contributed by atoms with van der Waals surface area (Å²) in [7, 11) is 1.33. The van der Waals surface area contributed by atoms with E-state index in [1.165, 1.54) is 7.11 Å². The molecule has 0 radical (unpaired) electrons. The molecule has 0 saturated heterocycles. The number of allylic oxidation sites excluding steroid dienone is 2. The Morgan fingerprint density at radius 3 is 2.77 bits per heavy atom. The number of esters is 1. The van der Waals surface area contributed by atoms with Crippen molar-refractivity contribution in [2.75, 3.05) is 7.11 Å². The molecule has 3 heteroatoms. The second kappa shape index (κ2) is 4.80. The van der Waals surface area contributed by atoms with E-state index in [0.29, 0.717) is 6.42 Å². The standard InChI is InChI=1S/C10H14O3/c1-13-10(12)7-6-9(11)8-4-2-3-5-8/h4H,2-3,5-7H2,1H3. The summed E-state index contributed by atoms with van der Waals surface area (Å²) >= 11 is 0. The van der Waals surface area contributed by atoms with Gasteiger partial charge in [-0.3, -0.25) is 9.59 Å². The van der Waals surface area contributed by atoms with Gasteiger partial charge >= 0.3 is 5.97 Å². The maximum absolute atomic E-state index is 11.4. The highest BCUT2D eigenvalue weighted by Crippen LogP contribution is 2.19. The quantitative estimate of drug-likeness (QED) is 0.620. The molecule has 0 spiro atoms. The number of carbonyl (C=O) groups excluding carboxylic acids is 2. The Balaban J connectivity index is 2.29. The number of carbonyl (C=O) groups is 2. The van der Waals surface area contributed by atoms with Crippen LogP contribution >= 0.6 is 0 Å². The van der Waals surface area contributed by atoms with Crippen LogP contribution in [0.15, 0.2) is 11.6 Å². The summed E-state index contributed by atoms with van der Waals surface area (Å²) in [6.45, 7) is 0. The smallest absolute Gasteiger partial charge is 0.305 e. The Kier molecular flexibility index (Phi) is 3.68. The Labute approximate surface area is 77.8 Å². The van der Waals surface area contributed by atoms with Gasteiger partial charge < -0.3 is 4.74 Å². The van der Waals surface area contributed by atoms with E-state index < -0.39 is 0 Å². The van der Waals surface area contributed by atoms with E-state index in [0.717, 1.165) is 24.8 Å². The first-order chi connectivity index (χ1) is 6.24. The zero-order valence-corrected chi connectivity index (χ0v) is 7.84. The molecule has 0 N–H and O–H groups in total. The maximum atomic E-state index is 11.4. The van der Waals surface area contributed by atoms with Gasteiger partial charge in [0.15, 0.2) is 5.78 Å². The molecule has 0 aliphatic heterocycles. The number of methoxy groups -OCH3 is 1. The van der Waals surface area contributed by atoms with Crippen molar-refractivity contribution >= 4 is 11.8 Å². The summed E-state index contributed by atoms with van der Waals surface area (Å²) in [5.74, 6) is -0.213. The number of Topliss-reactive ketones (excluding diaryl/α,β-unsaturated/α-hetero) is 1. The maximum Gasteiger partial charge on any atom is 0.305 e. The highest BCUT2D eigenvalue weighted by Gasteiger charge is 2.14. The summed E-state index contributed by atoms with van der Waals surface area (Å²) < 4.78 is 4.45. The van der Waals surface area contributed by atoms with Crippen LogP contribution < -0.4 is 0 Å². The molecule has 72 valence electrons. The molecule has 0 amide bonds. The van der Waals surface area contributed by atoms with Crippen molar-refractivity contribution in [3.05, 3.63) is 11.6 Å². The minimum Gasteiger partial charge on any atom is -0.469 e. The van der Waals surface area contributed by atoms with Crippen LogP contribution in [-0.2, 0) is 14.3 Å². The lowest BCUT2D eigenvalue weighted by atomic mass is 10.1. The molecule has 0 fully saturated rings. The lowest BCUT2D eigenvalue weighted by Crippen LogP contribution is -2.06. The van der Waals surface area contributed by atoms with Crippen molar-refractivity contribution in [3.8, 4) is 0 Å². The van der Waals surface area contributed by atoms with Gasteiger partial charge in [-0.2, -0.15) is 0 Å². The second-order valence-electron chi connectivity index (χ2n) is 3.12. The Morgan fingerprint density at radius 2 is 2.23 bits per heavy atom. The fourth-order valence-electron chi connectivity index (χ4n) is 1.40. The average Bonchev–Trinajstić information content (AvgIpc) is 2.66. The normalized spacial score (nSPS) is 15.3. The molecule has 1 rings (SSSR count). The first-order valence-corrected chi connectivity index (χ1v) is 4.53. The van der Waals surface area contributed by atoms with Crippen LogP contribution in [0.5, 0.6) is 0 Å². The molecule has 0 unspecified atom stereocenters. The molecule has 1 aliphatic carbocycles. The zero-order valence-electron chi connectivity index (χ0n) is 7.84. The van der Waals surface area contributed by atoms with Gasteiger partial charge in [0.05, 0.1) is 13.5 Å². The molecule has 0 aromatic carbocycles. The van der Waals surface area contributed by atoms with Gasteiger partial charge in [0.2, 0.25) is 0 Å². The van der Waals surface area contributed by atoms with Crippen molar-refractivity contribution < 1.29 is 14.3 Å². The first-order valence-electron chi connectivity index (χ1n) is 4.53. The lowest BCUT2D eigenvalue weighted by molar-refractivity contribution is -0.141. The van der Waals surface area contributed by atoms with Gasteiger partial charge in [0.1, 0.15) is 0 Å². The third kappa shape index (κ3) is 3.01. The van der Waals surface area contributed by atoms with Gasteiger partial charge in [-0.05, 0) is 24.8 Å². The first kappa shape index (κ1) is 9.96. The third-order valence-corrected chi connectivity index (χ3v) is 2.18. The highest BCUT2D eigenvalue weighted by molar-refractivity contribution is 5.97. The van der Waals surface area contributed by atoms with Gasteiger partial charge in [-0.1, -0.05) is 6.08 Å². The average molecular weight is 182 g/mol. The van der Waals surface area contributed by atoms with E-state index in [1.807, 2.05) is 6.08 Å². The van der Waals surface area contributed by atoms with E-state index in [1.54, 1.807) is 0 Å². The monoisotopic (exact) mass is 182 g/mol. The summed E-state index contributed by atoms with van der Waals surface area (Å²) in [5, 5.41) is 0. The fraction of sp³-hybridized carbons (Fsp3) is 0.600. The molecule has 3 nitrogen and oxygen atoms in total. The van der Waals surface area contributed by atoms with Gasteiger partial charge in [-0.25, -0.2) is 0 Å². The molecule has 0 bridgehead atoms. The van der Waals surface area contributed by atoms with Gasteiger partial charge in [0.25, 0.3) is 0 Å². The molecule has 0 aromatic heterocycles. The van der Waals surface area contributed by atoms with Crippen LogP contribution in [0.25, 0.3) is 0 Å². The topological polar surface area (TPSA) is 43.4 Å². The molecule has 0 saturated carbocycles. The second-order valence-corrected chi connectivity index (χ2v) is 3.12. The summed E-state index contributed by atoms with van der Waals surface area (Å²) in [5.41, 5.74) is 0.893. The predicted octanol–water partition coefficient (Wildman–Crippen LogP) is 1.62. The van der Waals surface area contributed by atoms with E-state index in [4.69, 9.17) is 0 Å². The SMILES string of the molecule is COC(=O)CCC(=O)C1=CCCC1. The number of hydrogen-bond donors (Lipinski definition) is 0. The predicted molar refractivity (Wildman–Crippen MR) is 48.2 cm³/mol. The molecular formula is C10H14O3. The molecule has 13 heavy (non-hydrogen) atoms. The molecule has 0 aromatic rings. The molecule has 1 aliphatic rings. The minimum atomic E-state index is -0.313. The number of ether oxygens (including phenoxy) is 1. The van der Waals surface area contributed by atoms with Crippen LogP contribution in [0.3, 0.4) is 0 Å². The Bertz CT molecular complexity index is 241. The van der Waals surface area contributed by atoms with Crippen LogP contribution in [0.1, 0.15) is 32.1 Å². The van der Waals surface area contributed by atoms with Crippen molar-refractivity contribution in [2.45, 2.75) is 32.1 Å². The van der Waals surface area contributed by atoms with Crippen LogP contribution in [0.4, 0.5) is 0 Å². The lowest BCUT2D eigenvalue weighted by Gasteiger charge is -1.99. The van der Waals surface area contributed by atoms with Gasteiger partial charge in [-0.15, -0.1) is 0 Å². The van der Waals surface area contributed by atoms with Crippen molar-refractivity contribution in [2.24, 2.45) is 0 Å². The number of ketones is 1. The van der Waals surface area contributed by atoms with Gasteiger partial charge in [0, 0.05) is 6.42 Å². The van der Waals surface area contributed by atoms with Crippen molar-refractivity contribution in [1.29, 1.82) is 0 Å². The van der Waals surface area contributed by atoms with Crippen LogP contribution in [0, 0.1) is 0 Å². The van der Waals surface area contributed by atoms with Crippen molar-refractivity contribution in [1.82, 2.24) is 0 Å². The number of rotatable bonds is 4. The van der Waals surface area contributed by atoms with E-state index in [-0.39, 0.29) is 18.2 Å². The van der Waals surface area contributed by atoms with Crippen LogP contribution in [0.2, 0.25) is 0 Å². The third-order valence-electron chi connectivity index (χ3n) is 2.18. The highest BCUT2D eigenvalue weighted by atomic mass is 16.5. The molecule has 0 heterocycles.